The zero-order valence-electron chi connectivity index (χ0n) is 10.8. The molecule has 2 rings (SSSR count). The van der Waals surface area contributed by atoms with Gasteiger partial charge in [0.25, 0.3) is 0 Å². The van der Waals surface area contributed by atoms with E-state index in [-0.39, 0.29) is 0 Å². The maximum atomic E-state index is 10.7. The van der Waals surface area contributed by atoms with Crippen molar-refractivity contribution in [2.45, 2.75) is 13.3 Å². The number of rotatable bonds is 3. The van der Waals surface area contributed by atoms with Crippen molar-refractivity contribution in [1.82, 2.24) is 0 Å². The number of halogens is 1. The Kier molecular flexibility index (Phi) is 4.43. The lowest BCUT2D eigenvalue weighted by atomic mass is 10.1. The van der Waals surface area contributed by atoms with Crippen LogP contribution in [-0.2, 0) is 4.79 Å². The average Bonchev–Trinajstić information content (AvgIpc) is 2.38. The van der Waals surface area contributed by atoms with E-state index in [0.717, 1.165) is 35.2 Å². The molecule has 4 heteroatoms. The maximum Gasteiger partial charge on any atom is 0.328 e. The van der Waals surface area contributed by atoms with Crippen LogP contribution in [-0.4, -0.2) is 24.2 Å². The minimum Gasteiger partial charge on any atom is -0.478 e. The summed E-state index contributed by atoms with van der Waals surface area (Å²) in [5.74, 6) is -0.930. The topological polar surface area (TPSA) is 40.5 Å². The second kappa shape index (κ2) is 6.06. The highest BCUT2D eigenvalue weighted by atomic mass is 79.9. The molecule has 1 aromatic carbocycles. The van der Waals surface area contributed by atoms with Crippen LogP contribution in [0.1, 0.15) is 18.9 Å². The Hall–Kier alpha value is -1.55. The number of carboxylic acid groups (broad SMARTS) is 1. The Balaban J connectivity index is 2.31. The molecule has 0 unspecified atom stereocenters. The van der Waals surface area contributed by atoms with Gasteiger partial charge in [-0.25, -0.2) is 4.79 Å². The number of aliphatic carboxylic acids is 1. The van der Waals surface area contributed by atoms with Gasteiger partial charge in [0.2, 0.25) is 0 Å². The lowest BCUT2D eigenvalue weighted by Crippen LogP contribution is -2.28. The highest BCUT2D eigenvalue weighted by Crippen LogP contribution is 2.28. The average molecular weight is 322 g/mol. The Morgan fingerprint density at radius 1 is 1.47 bits per heavy atom. The summed E-state index contributed by atoms with van der Waals surface area (Å²) in [4.78, 5) is 12.9. The first kappa shape index (κ1) is 13.9. The summed E-state index contributed by atoms with van der Waals surface area (Å²) in [6, 6.07) is 5.96. The van der Waals surface area contributed by atoms with E-state index in [1.54, 1.807) is 6.08 Å². The van der Waals surface area contributed by atoms with E-state index in [9.17, 15) is 4.79 Å². The van der Waals surface area contributed by atoms with Crippen LogP contribution >= 0.6 is 15.9 Å². The number of benzene rings is 1. The van der Waals surface area contributed by atoms with Crippen LogP contribution in [0.2, 0.25) is 0 Å². The van der Waals surface area contributed by atoms with E-state index < -0.39 is 5.97 Å². The molecule has 1 N–H and O–H groups in total. The third-order valence-corrected chi connectivity index (χ3v) is 3.67. The van der Waals surface area contributed by atoms with E-state index in [1.165, 1.54) is 11.6 Å². The second-order valence-electron chi connectivity index (χ2n) is 4.62. The van der Waals surface area contributed by atoms with Gasteiger partial charge in [0.05, 0.1) is 0 Å². The first-order valence-electron chi connectivity index (χ1n) is 6.17. The molecule has 0 aromatic heterocycles. The van der Waals surface area contributed by atoms with E-state index in [2.05, 4.69) is 33.8 Å². The molecule has 19 heavy (non-hydrogen) atoms. The summed E-state index contributed by atoms with van der Waals surface area (Å²) < 4.78 is 0.949. The van der Waals surface area contributed by atoms with Gasteiger partial charge >= 0.3 is 5.97 Å². The SMILES string of the molecule is CC1=CCN(c2ccc(Br)cc2/C=C/C(=O)O)CC1. The van der Waals surface area contributed by atoms with E-state index in [1.807, 2.05) is 18.2 Å². The van der Waals surface area contributed by atoms with E-state index in [4.69, 9.17) is 5.11 Å². The number of nitrogens with zero attached hydrogens (tertiary/aromatic N) is 1. The molecule has 1 aromatic rings. The van der Waals surface area contributed by atoms with Gasteiger partial charge in [0.1, 0.15) is 0 Å². The molecule has 0 radical (unpaired) electrons. The molecule has 0 aliphatic carbocycles. The quantitative estimate of drug-likeness (QED) is 0.681. The fourth-order valence-corrected chi connectivity index (χ4v) is 2.48. The van der Waals surface area contributed by atoms with Crippen LogP contribution in [0.4, 0.5) is 5.69 Å². The molecule has 1 heterocycles. The zero-order chi connectivity index (χ0) is 13.8. The minimum atomic E-state index is -0.930. The summed E-state index contributed by atoms with van der Waals surface area (Å²) >= 11 is 3.43. The van der Waals surface area contributed by atoms with Crippen LogP contribution < -0.4 is 4.90 Å². The van der Waals surface area contributed by atoms with Crippen molar-refractivity contribution < 1.29 is 9.90 Å². The third kappa shape index (κ3) is 3.70. The largest absolute Gasteiger partial charge is 0.478 e. The van der Waals surface area contributed by atoms with Crippen LogP contribution in [0.25, 0.3) is 6.08 Å². The van der Waals surface area contributed by atoms with Crippen molar-refractivity contribution in [3.8, 4) is 0 Å². The zero-order valence-corrected chi connectivity index (χ0v) is 12.4. The maximum absolute atomic E-state index is 10.7. The number of hydrogen-bond donors (Lipinski definition) is 1. The number of hydrogen-bond acceptors (Lipinski definition) is 2. The normalized spacial score (nSPS) is 15.7. The molecule has 3 nitrogen and oxygen atoms in total. The molecular formula is C15H16BrNO2. The predicted molar refractivity (Wildman–Crippen MR) is 81.4 cm³/mol. The van der Waals surface area contributed by atoms with Crippen molar-refractivity contribution in [3.63, 3.8) is 0 Å². The second-order valence-corrected chi connectivity index (χ2v) is 5.54. The molecule has 0 bridgehead atoms. The summed E-state index contributed by atoms with van der Waals surface area (Å²) in [5.41, 5.74) is 3.41. The van der Waals surface area contributed by atoms with Crippen LogP contribution in [0.5, 0.6) is 0 Å². The van der Waals surface area contributed by atoms with Gasteiger partial charge in [0, 0.05) is 29.3 Å². The van der Waals surface area contributed by atoms with Gasteiger partial charge in [-0.3, -0.25) is 0 Å². The van der Waals surface area contributed by atoms with Gasteiger partial charge in [0.15, 0.2) is 0 Å². The lowest BCUT2D eigenvalue weighted by molar-refractivity contribution is -0.131. The smallest absolute Gasteiger partial charge is 0.328 e. The molecule has 0 spiro atoms. The lowest BCUT2D eigenvalue weighted by Gasteiger charge is -2.29. The van der Waals surface area contributed by atoms with Gasteiger partial charge in [-0.05, 0) is 43.2 Å². The molecular weight excluding hydrogens is 306 g/mol. The van der Waals surface area contributed by atoms with Crippen LogP contribution in [0.15, 0.2) is 40.4 Å². The number of carbonyl (C=O) groups is 1. The first-order chi connectivity index (χ1) is 9.06. The van der Waals surface area contributed by atoms with Crippen molar-refractivity contribution in [2.24, 2.45) is 0 Å². The van der Waals surface area contributed by atoms with Gasteiger partial charge in [-0.2, -0.15) is 0 Å². The Morgan fingerprint density at radius 3 is 2.89 bits per heavy atom. The predicted octanol–water partition coefficient (Wildman–Crippen LogP) is 3.70. The van der Waals surface area contributed by atoms with Crippen LogP contribution in [0.3, 0.4) is 0 Å². The third-order valence-electron chi connectivity index (χ3n) is 3.17. The van der Waals surface area contributed by atoms with Gasteiger partial charge in [-0.1, -0.05) is 27.6 Å². The highest BCUT2D eigenvalue weighted by Gasteiger charge is 2.13. The summed E-state index contributed by atoms with van der Waals surface area (Å²) in [7, 11) is 0. The Bertz CT molecular complexity index is 549. The minimum absolute atomic E-state index is 0.876. The van der Waals surface area contributed by atoms with Gasteiger partial charge < -0.3 is 10.0 Å². The standard InChI is InChI=1S/C15H16BrNO2/c1-11-6-8-17(9-7-11)14-4-3-13(16)10-12(14)2-5-15(18)19/h2-6,10H,7-9H2,1H3,(H,18,19)/b5-2+. The molecule has 0 atom stereocenters. The van der Waals surface area contributed by atoms with E-state index >= 15 is 0 Å². The molecule has 100 valence electrons. The summed E-state index contributed by atoms with van der Waals surface area (Å²) in [6.07, 6.45) is 6.10. The summed E-state index contributed by atoms with van der Waals surface area (Å²) in [6.45, 7) is 3.99. The Morgan fingerprint density at radius 2 is 2.26 bits per heavy atom. The Labute approximate surface area is 121 Å². The van der Waals surface area contributed by atoms with Crippen molar-refractivity contribution in [1.29, 1.82) is 0 Å². The fourth-order valence-electron chi connectivity index (χ4n) is 2.10. The molecule has 1 aliphatic heterocycles. The molecule has 0 fully saturated rings. The summed E-state index contributed by atoms with van der Waals surface area (Å²) in [5, 5.41) is 8.76. The van der Waals surface area contributed by atoms with Crippen LogP contribution in [0, 0.1) is 0 Å². The van der Waals surface area contributed by atoms with E-state index in [0.29, 0.717) is 0 Å². The fraction of sp³-hybridized carbons (Fsp3) is 0.267. The molecule has 0 amide bonds. The number of anilines is 1. The molecule has 0 saturated carbocycles. The highest BCUT2D eigenvalue weighted by molar-refractivity contribution is 9.10. The monoisotopic (exact) mass is 321 g/mol. The van der Waals surface area contributed by atoms with Crippen molar-refractivity contribution in [3.05, 3.63) is 46.0 Å². The molecule has 1 aliphatic rings. The van der Waals surface area contributed by atoms with Gasteiger partial charge in [-0.15, -0.1) is 0 Å². The van der Waals surface area contributed by atoms with Crippen molar-refractivity contribution >= 4 is 33.7 Å². The first-order valence-corrected chi connectivity index (χ1v) is 6.96. The molecule has 0 saturated heterocycles. The number of carboxylic acids is 1. The van der Waals surface area contributed by atoms with Crippen molar-refractivity contribution in [2.75, 3.05) is 18.0 Å².